The summed E-state index contributed by atoms with van der Waals surface area (Å²) in [5.41, 5.74) is 0.545. The third-order valence-corrected chi connectivity index (χ3v) is 6.20. The van der Waals surface area contributed by atoms with Gasteiger partial charge in [0.15, 0.2) is 0 Å². The molecule has 2 saturated heterocycles. The van der Waals surface area contributed by atoms with Crippen molar-refractivity contribution in [2.24, 2.45) is 11.8 Å². The number of rotatable bonds is 7. The SMILES string of the molecule is C=CC[C@H](CC1CCN(C(=O)OC(C)(C)C)CC1)C(=O)N1C(=O)OC[C@H]1Cc1ccccc1. The van der Waals surface area contributed by atoms with Gasteiger partial charge in [0.1, 0.15) is 12.2 Å². The molecule has 3 amide bonds. The number of nitrogens with zero attached hydrogens (tertiary/aromatic N) is 2. The number of carbonyl (C=O) groups is 3. The molecule has 2 aliphatic rings. The molecule has 2 atom stereocenters. The van der Waals surface area contributed by atoms with Crippen LogP contribution in [0.5, 0.6) is 0 Å². The number of allylic oxidation sites excluding steroid dienone is 1. The Bertz CT molecular complexity index is 840. The number of ether oxygens (including phenoxy) is 2. The first-order valence-electron chi connectivity index (χ1n) is 11.8. The summed E-state index contributed by atoms with van der Waals surface area (Å²) in [7, 11) is 0. The second-order valence-corrected chi connectivity index (χ2v) is 10.00. The van der Waals surface area contributed by atoms with Crippen LogP contribution in [0, 0.1) is 11.8 Å². The Morgan fingerprint density at radius 1 is 1.21 bits per heavy atom. The summed E-state index contributed by atoms with van der Waals surface area (Å²) in [6, 6.07) is 9.52. The number of amides is 3. The number of hydrogen-bond donors (Lipinski definition) is 0. The largest absolute Gasteiger partial charge is 0.447 e. The van der Waals surface area contributed by atoms with Crippen molar-refractivity contribution in [3.05, 3.63) is 48.6 Å². The smallest absolute Gasteiger partial charge is 0.416 e. The molecule has 0 spiro atoms. The van der Waals surface area contributed by atoms with E-state index >= 15 is 0 Å². The molecule has 180 valence electrons. The molecular formula is C26H36N2O5. The summed E-state index contributed by atoms with van der Waals surface area (Å²) in [4.78, 5) is 41.3. The minimum absolute atomic E-state index is 0.187. The highest BCUT2D eigenvalue weighted by molar-refractivity contribution is 5.95. The molecule has 0 aliphatic carbocycles. The van der Waals surface area contributed by atoms with Gasteiger partial charge in [-0.15, -0.1) is 6.58 Å². The van der Waals surface area contributed by atoms with Gasteiger partial charge < -0.3 is 14.4 Å². The van der Waals surface area contributed by atoms with Gasteiger partial charge in [-0.25, -0.2) is 14.5 Å². The van der Waals surface area contributed by atoms with Crippen molar-refractivity contribution >= 4 is 18.1 Å². The maximum atomic E-state index is 13.4. The molecule has 1 aromatic rings. The predicted molar refractivity (Wildman–Crippen MR) is 126 cm³/mol. The second-order valence-electron chi connectivity index (χ2n) is 10.00. The summed E-state index contributed by atoms with van der Waals surface area (Å²) < 4.78 is 10.7. The van der Waals surface area contributed by atoms with Crippen LogP contribution in [-0.2, 0) is 20.7 Å². The first kappa shape index (κ1) is 24.8. The topological polar surface area (TPSA) is 76.2 Å². The van der Waals surface area contributed by atoms with Crippen LogP contribution in [0.15, 0.2) is 43.0 Å². The van der Waals surface area contributed by atoms with Crippen LogP contribution in [0.25, 0.3) is 0 Å². The molecule has 0 aromatic heterocycles. The molecule has 2 heterocycles. The van der Waals surface area contributed by atoms with E-state index in [1.165, 1.54) is 4.90 Å². The lowest BCUT2D eigenvalue weighted by Gasteiger charge is -2.35. The highest BCUT2D eigenvalue weighted by Crippen LogP contribution is 2.30. The van der Waals surface area contributed by atoms with E-state index in [-0.39, 0.29) is 30.6 Å². The van der Waals surface area contributed by atoms with Gasteiger partial charge in [-0.3, -0.25) is 4.79 Å². The normalized spacial score (nSPS) is 20.3. The Hall–Kier alpha value is -2.83. The predicted octanol–water partition coefficient (Wildman–Crippen LogP) is 4.81. The van der Waals surface area contributed by atoms with Crippen molar-refractivity contribution in [3.8, 4) is 0 Å². The molecular weight excluding hydrogens is 420 g/mol. The van der Waals surface area contributed by atoms with Gasteiger partial charge in [0, 0.05) is 19.0 Å². The highest BCUT2D eigenvalue weighted by atomic mass is 16.6. The molecule has 0 saturated carbocycles. The fourth-order valence-corrected chi connectivity index (χ4v) is 4.54. The lowest BCUT2D eigenvalue weighted by Crippen LogP contribution is -2.45. The molecule has 0 N–H and O–H groups in total. The van der Waals surface area contributed by atoms with Crippen LogP contribution >= 0.6 is 0 Å². The molecule has 0 radical (unpaired) electrons. The number of piperidine rings is 1. The number of imide groups is 1. The number of carbonyl (C=O) groups excluding carboxylic acids is 3. The summed E-state index contributed by atoms with van der Waals surface area (Å²) in [5, 5.41) is 0. The zero-order valence-corrected chi connectivity index (χ0v) is 20.0. The van der Waals surface area contributed by atoms with E-state index in [1.807, 2.05) is 51.1 Å². The van der Waals surface area contributed by atoms with E-state index < -0.39 is 11.7 Å². The van der Waals surface area contributed by atoms with E-state index in [4.69, 9.17) is 9.47 Å². The van der Waals surface area contributed by atoms with Gasteiger partial charge in [-0.1, -0.05) is 36.4 Å². The zero-order chi connectivity index (χ0) is 24.0. The Morgan fingerprint density at radius 3 is 2.48 bits per heavy atom. The van der Waals surface area contributed by atoms with Gasteiger partial charge >= 0.3 is 12.2 Å². The van der Waals surface area contributed by atoms with E-state index in [9.17, 15) is 14.4 Å². The number of hydrogen-bond acceptors (Lipinski definition) is 5. The molecule has 2 fully saturated rings. The van der Waals surface area contributed by atoms with Crippen LogP contribution < -0.4 is 0 Å². The van der Waals surface area contributed by atoms with Crippen LogP contribution in [0.1, 0.15) is 52.0 Å². The van der Waals surface area contributed by atoms with Gasteiger partial charge in [-0.05, 0) is 64.4 Å². The van der Waals surface area contributed by atoms with E-state index in [0.29, 0.717) is 38.3 Å². The van der Waals surface area contributed by atoms with Crippen molar-refractivity contribution in [1.82, 2.24) is 9.80 Å². The molecule has 3 rings (SSSR count). The molecule has 0 bridgehead atoms. The lowest BCUT2D eigenvalue weighted by molar-refractivity contribution is -0.134. The van der Waals surface area contributed by atoms with E-state index in [0.717, 1.165) is 18.4 Å². The average Bonchev–Trinajstić information content (AvgIpc) is 3.12. The molecule has 1 aromatic carbocycles. The average molecular weight is 457 g/mol. The third kappa shape index (κ3) is 6.83. The van der Waals surface area contributed by atoms with Crippen LogP contribution in [0.2, 0.25) is 0 Å². The summed E-state index contributed by atoms with van der Waals surface area (Å²) >= 11 is 0. The zero-order valence-electron chi connectivity index (χ0n) is 20.0. The van der Waals surface area contributed by atoms with Crippen LogP contribution in [0.4, 0.5) is 9.59 Å². The summed E-state index contributed by atoms with van der Waals surface area (Å²) in [6.07, 6.45) is 4.25. The molecule has 2 aliphatic heterocycles. The number of likely N-dealkylation sites (tertiary alicyclic amines) is 1. The number of cyclic esters (lactones) is 1. The van der Waals surface area contributed by atoms with Gasteiger partial charge in [-0.2, -0.15) is 0 Å². The van der Waals surface area contributed by atoms with Crippen molar-refractivity contribution in [1.29, 1.82) is 0 Å². The van der Waals surface area contributed by atoms with Crippen molar-refractivity contribution < 1.29 is 23.9 Å². The van der Waals surface area contributed by atoms with Gasteiger partial charge in [0.2, 0.25) is 5.91 Å². The first-order valence-corrected chi connectivity index (χ1v) is 11.8. The van der Waals surface area contributed by atoms with Gasteiger partial charge in [0.25, 0.3) is 0 Å². The summed E-state index contributed by atoms with van der Waals surface area (Å²) in [5.74, 6) is -0.221. The first-order chi connectivity index (χ1) is 15.7. The molecule has 7 nitrogen and oxygen atoms in total. The quantitative estimate of drug-likeness (QED) is 0.551. The molecule has 33 heavy (non-hydrogen) atoms. The Balaban J connectivity index is 1.60. The third-order valence-electron chi connectivity index (χ3n) is 6.20. The fraction of sp³-hybridized carbons (Fsp3) is 0.577. The standard InChI is InChI=1S/C26H36N2O5/c1-5-9-21(16-20-12-14-27(15-13-20)24(30)33-26(2,3)4)23(29)28-22(18-32-25(28)31)17-19-10-7-6-8-11-19/h5-8,10-11,20-22H,1,9,12-18H2,2-4H3/t21-,22-/m1/s1. The van der Waals surface area contributed by atoms with Crippen molar-refractivity contribution in [2.75, 3.05) is 19.7 Å². The Morgan fingerprint density at radius 2 is 1.88 bits per heavy atom. The number of benzene rings is 1. The van der Waals surface area contributed by atoms with Crippen molar-refractivity contribution in [2.45, 2.75) is 64.5 Å². The Labute approximate surface area is 196 Å². The molecule has 7 heteroatoms. The monoisotopic (exact) mass is 456 g/mol. The van der Waals surface area contributed by atoms with Crippen molar-refractivity contribution in [3.63, 3.8) is 0 Å². The Kier molecular flexibility index (Phi) is 8.16. The van der Waals surface area contributed by atoms with E-state index in [2.05, 4.69) is 6.58 Å². The van der Waals surface area contributed by atoms with Crippen LogP contribution in [-0.4, -0.2) is 59.2 Å². The highest BCUT2D eigenvalue weighted by Gasteiger charge is 2.41. The summed E-state index contributed by atoms with van der Waals surface area (Å²) in [6.45, 7) is 10.8. The maximum Gasteiger partial charge on any atom is 0.416 e. The fourth-order valence-electron chi connectivity index (χ4n) is 4.54. The minimum atomic E-state index is -0.560. The van der Waals surface area contributed by atoms with E-state index in [1.54, 1.807) is 11.0 Å². The molecule has 0 unspecified atom stereocenters. The lowest BCUT2D eigenvalue weighted by atomic mass is 9.85. The van der Waals surface area contributed by atoms with Crippen LogP contribution in [0.3, 0.4) is 0 Å². The maximum absolute atomic E-state index is 13.4. The minimum Gasteiger partial charge on any atom is -0.447 e. The second kappa shape index (κ2) is 10.9. The van der Waals surface area contributed by atoms with Gasteiger partial charge in [0.05, 0.1) is 6.04 Å².